The van der Waals surface area contributed by atoms with E-state index in [-0.39, 0.29) is 17.9 Å². The number of carbonyl (C=O) groups excluding carboxylic acids is 1. The first-order chi connectivity index (χ1) is 11.7. The molecule has 1 saturated heterocycles. The lowest BCUT2D eigenvalue weighted by Gasteiger charge is -2.24. The number of piperidine rings is 1. The molecule has 4 heteroatoms. The number of rotatable bonds is 5. The molecule has 0 aliphatic carbocycles. The van der Waals surface area contributed by atoms with Crippen molar-refractivity contribution >= 4 is 5.91 Å². The molecule has 3 rings (SSSR count). The van der Waals surface area contributed by atoms with Gasteiger partial charge in [-0.3, -0.25) is 4.79 Å². The van der Waals surface area contributed by atoms with Crippen LogP contribution in [-0.4, -0.2) is 19.0 Å². The molecule has 0 spiro atoms. The van der Waals surface area contributed by atoms with E-state index in [9.17, 15) is 4.79 Å². The van der Waals surface area contributed by atoms with Crippen LogP contribution in [0.4, 0.5) is 0 Å². The quantitative estimate of drug-likeness (QED) is 0.882. The van der Waals surface area contributed by atoms with Crippen molar-refractivity contribution in [3.05, 3.63) is 60.2 Å². The van der Waals surface area contributed by atoms with Gasteiger partial charge in [-0.25, -0.2) is 0 Å². The van der Waals surface area contributed by atoms with Crippen LogP contribution in [0.1, 0.15) is 31.4 Å². The van der Waals surface area contributed by atoms with E-state index in [0.29, 0.717) is 0 Å². The average Bonchev–Trinajstić information content (AvgIpc) is 2.64. The summed E-state index contributed by atoms with van der Waals surface area (Å²) in [6, 6.07) is 17.6. The second-order valence-corrected chi connectivity index (χ2v) is 6.26. The highest BCUT2D eigenvalue weighted by Gasteiger charge is 2.22. The minimum Gasteiger partial charge on any atom is -0.457 e. The lowest BCUT2D eigenvalue weighted by molar-refractivity contribution is -0.126. The van der Waals surface area contributed by atoms with E-state index in [0.717, 1.165) is 43.0 Å². The third-order valence-electron chi connectivity index (χ3n) is 4.39. The molecule has 0 aromatic heterocycles. The molecule has 24 heavy (non-hydrogen) atoms. The molecule has 2 unspecified atom stereocenters. The fourth-order valence-electron chi connectivity index (χ4n) is 2.94. The summed E-state index contributed by atoms with van der Waals surface area (Å²) in [7, 11) is 0. The highest BCUT2D eigenvalue weighted by molar-refractivity contribution is 5.79. The van der Waals surface area contributed by atoms with Gasteiger partial charge < -0.3 is 15.4 Å². The van der Waals surface area contributed by atoms with Crippen LogP contribution < -0.4 is 15.4 Å². The van der Waals surface area contributed by atoms with Gasteiger partial charge in [-0.05, 0) is 56.1 Å². The van der Waals surface area contributed by atoms with Crippen LogP contribution in [0.5, 0.6) is 11.5 Å². The summed E-state index contributed by atoms with van der Waals surface area (Å²) in [6.07, 6.45) is 2.04. The maximum atomic E-state index is 12.3. The van der Waals surface area contributed by atoms with E-state index in [1.807, 2.05) is 61.5 Å². The summed E-state index contributed by atoms with van der Waals surface area (Å²) in [6.45, 7) is 3.81. The smallest absolute Gasteiger partial charge is 0.224 e. The number of carbonyl (C=O) groups is 1. The van der Waals surface area contributed by atoms with E-state index in [1.165, 1.54) is 0 Å². The van der Waals surface area contributed by atoms with Crippen molar-refractivity contribution in [1.29, 1.82) is 0 Å². The molecule has 1 aliphatic rings. The van der Waals surface area contributed by atoms with Crippen LogP contribution >= 0.6 is 0 Å². The summed E-state index contributed by atoms with van der Waals surface area (Å²) in [5.41, 5.74) is 1.08. The molecule has 1 aliphatic heterocycles. The monoisotopic (exact) mass is 324 g/mol. The van der Waals surface area contributed by atoms with E-state index in [4.69, 9.17) is 4.74 Å². The zero-order valence-corrected chi connectivity index (χ0v) is 14.0. The molecular formula is C20H24N2O2. The van der Waals surface area contributed by atoms with Gasteiger partial charge in [0.25, 0.3) is 0 Å². The minimum atomic E-state index is -0.00907. The Morgan fingerprint density at radius 2 is 1.83 bits per heavy atom. The van der Waals surface area contributed by atoms with Crippen LogP contribution in [0.3, 0.4) is 0 Å². The summed E-state index contributed by atoms with van der Waals surface area (Å²) in [5, 5.41) is 6.40. The van der Waals surface area contributed by atoms with Gasteiger partial charge in [-0.15, -0.1) is 0 Å². The first kappa shape index (κ1) is 16.5. The van der Waals surface area contributed by atoms with Gasteiger partial charge in [0, 0.05) is 6.54 Å². The molecule has 2 aromatic rings. The number of hydrogen-bond acceptors (Lipinski definition) is 3. The third kappa shape index (κ3) is 4.36. The van der Waals surface area contributed by atoms with E-state index in [2.05, 4.69) is 10.6 Å². The number of nitrogens with one attached hydrogen (secondary N) is 2. The van der Waals surface area contributed by atoms with Gasteiger partial charge in [-0.2, -0.15) is 0 Å². The number of benzene rings is 2. The van der Waals surface area contributed by atoms with Crippen LogP contribution in [0.25, 0.3) is 0 Å². The van der Waals surface area contributed by atoms with Crippen molar-refractivity contribution in [2.45, 2.75) is 25.8 Å². The van der Waals surface area contributed by atoms with Gasteiger partial charge in [-0.1, -0.05) is 30.3 Å². The molecule has 2 N–H and O–H groups in total. The number of para-hydroxylation sites is 1. The van der Waals surface area contributed by atoms with Crippen LogP contribution in [0.15, 0.2) is 54.6 Å². The van der Waals surface area contributed by atoms with Gasteiger partial charge in [0.15, 0.2) is 0 Å². The Balaban J connectivity index is 1.57. The standard InChI is InChI=1S/C20H24N2O2/c1-15(22-20(23)17-6-5-13-21-14-17)16-9-11-19(12-10-16)24-18-7-3-2-4-8-18/h2-4,7-12,15,17,21H,5-6,13-14H2,1H3,(H,22,23). The van der Waals surface area contributed by atoms with Crippen LogP contribution in [-0.2, 0) is 4.79 Å². The molecule has 0 bridgehead atoms. The van der Waals surface area contributed by atoms with Crippen molar-refractivity contribution in [3.63, 3.8) is 0 Å². The molecule has 126 valence electrons. The van der Waals surface area contributed by atoms with Gasteiger partial charge in [0.05, 0.1) is 12.0 Å². The Morgan fingerprint density at radius 3 is 2.50 bits per heavy atom. The summed E-state index contributed by atoms with van der Waals surface area (Å²) in [4.78, 5) is 12.3. The minimum absolute atomic E-state index is 0.00907. The number of ether oxygens (including phenoxy) is 1. The SMILES string of the molecule is CC(NC(=O)C1CCCNC1)c1ccc(Oc2ccccc2)cc1. The Kier molecular flexibility index (Phi) is 5.49. The predicted octanol–water partition coefficient (Wildman–Crippen LogP) is 3.66. The Bertz CT molecular complexity index is 649. The highest BCUT2D eigenvalue weighted by atomic mass is 16.5. The van der Waals surface area contributed by atoms with Gasteiger partial charge in [0.1, 0.15) is 11.5 Å². The zero-order chi connectivity index (χ0) is 16.8. The molecule has 0 saturated carbocycles. The fourth-order valence-corrected chi connectivity index (χ4v) is 2.94. The lowest BCUT2D eigenvalue weighted by atomic mass is 9.98. The number of amides is 1. The molecule has 1 amide bonds. The fraction of sp³-hybridized carbons (Fsp3) is 0.350. The summed E-state index contributed by atoms with van der Waals surface area (Å²) in [5.74, 6) is 1.83. The summed E-state index contributed by atoms with van der Waals surface area (Å²) >= 11 is 0. The topological polar surface area (TPSA) is 50.4 Å². The predicted molar refractivity (Wildman–Crippen MR) is 95.1 cm³/mol. The van der Waals surface area contributed by atoms with Crippen molar-refractivity contribution in [3.8, 4) is 11.5 Å². The first-order valence-electron chi connectivity index (χ1n) is 8.56. The highest BCUT2D eigenvalue weighted by Crippen LogP contribution is 2.23. The molecule has 4 nitrogen and oxygen atoms in total. The Hall–Kier alpha value is -2.33. The molecule has 2 aromatic carbocycles. The zero-order valence-electron chi connectivity index (χ0n) is 14.0. The molecule has 0 radical (unpaired) electrons. The molecular weight excluding hydrogens is 300 g/mol. The Morgan fingerprint density at radius 1 is 1.12 bits per heavy atom. The third-order valence-corrected chi connectivity index (χ3v) is 4.39. The van der Waals surface area contributed by atoms with Crippen molar-refractivity contribution in [2.24, 2.45) is 5.92 Å². The molecule has 1 heterocycles. The maximum Gasteiger partial charge on any atom is 0.224 e. The normalized spacial score (nSPS) is 18.6. The second kappa shape index (κ2) is 7.97. The van der Waals surface area contributed by atoms with Crippen LogP contribution in [0, 0.1) is 5.92 Å². The average molecular weight is 324 g/mol. The lowest BCUT2D eigenvalue weighted by Crippen LogP contribution is -2.41. The van der Waals surface area contributed by atoms with Crippen molar-refractivity contribution in [2.75, 3.05) is 13.1 Å². The summed E-state index contributed by atoms with van der Waals surface area (Å²) < 4.78 is 5.79. The van der Waals surface area contributed by atoms with Crippen molar-refractivity contribution in [1.82, 2.24) is 10.6 Å². The Labute approximate surface area is 143 Å². The molecule has 2 atom stereocenters. The van der Waals surface area contributed by atoms with E-state index in [1.54, 1.807) is 0 Å². The maximum absolute atomic E-state index is 12.3. The number of hydrogen-bond donors (Lipinski definition) is 2. The van der Waals surface area contributed by atoms with E-state index < -0.39 is 0 Å². The van der Waals surface area contributed by atoms with Gasteiger partial charge >= 0.3 is 0 Å². The van der Waals surface area contributed by atoms with Gasteiger partial charge in [0.2, 0.25) is 5.91 Å². The van der Waals surface area contributed by atoms with Crippen molar-refractivity contribution < 1.29 is 9.53 Å². The van der Waals surface area contributed by atoms with E-state index >= 15 is 0 Å². The molecule has 1 fully saturated rings. The second-order valence-electron chi connectivity index (χ2n) is 6.26. The van der Waals surface area contributed by atoms with Crippen LogP contribution in [0.2, 0.25) is 0 Å². The largest absolute Gasteiger partial charge is 0.457 e. The first-order valence-corrected chi connectivity index (χ1v) is 8.56.